The van der Waals surface area contributed by atoms with Crippen molar-refractivity contribution in [3.05, 3.63) is 29.8 Å². The van der Waals surface area contributed by atoms with Gasteiger partial charge in [-0.05, 0) is 23.1 Å². The molecule has 0 fully saturated rings. The second kappa shape index (κ2) is 4.43. The fourth-order valence-corrected chi connectivity index (χ4v) is 1.75. The van der Waals surface area contributed by atoms with Crippen molar-refractivity contribution in [2.75, 3.05) is 0 Å². The minimum atomic E-state index is -1.56. The number of halogens is 1. The third kappa shape index (κ3) is 2.80. The lowest BCUT2D eigenvalue weighted by atomic mass is 9.87. The van der Waals surface area contributed by atoms with E-state index in [4.69, 9.17) is 11.9 Å². The number of benzene rings is 1. The van der Waals surface area contributed by atoms with Gasteiger partial charge >= 0.3 is 0 Å². The maximum absolute atomic E-state index is 11.1. The number of rotatable bonds is 2. The Bertz CT molecular complexity index is 327. The molecule has 0 aromatic heterocycles. The van der Waals surface area contributed by atoms with E-state index in [-0.39, 0.29) is 5.41 Å². The normalized spacial score (nSPS) is 14.0. The third-order valence-electron chi connectivity index (χ3n) is 1.97. The van der Waals surface area contributed by atoms with Crippen LogP contribution in [0.15, 0.2) is 29.2 Å². The molecule has 2 nitrogen and oxygen atoms in total. The van der Waals surface area contributed by atoms with Crippen molar-refractivity contribution in [1.82, 2.24) is 0 Å². The summed E-state index contributed by atoms with van der Waals surface area (Å²) in [7, 11) is 0. The van der Waals surface area contributed by atoms with E-state index in [9.17, 15) is 4.21 Å². The molecule has 1 rings (SSSR count). The smallest absolute Gasteiger partial charge is 0.206 e. The molecule has 1 aromatic carbocycles. The minimum Gasteiger partial charge on any atom is -0.223 e. The van der Waals surface area contributed by atoms with E-state index >= 15 is 0 Å². The predicted octanol–water partition coefficient (Wildman–Crippen LogP) is 3.18. The second-order valence-corrected chi connectivity index (χ2v) is 5.52. The van der Waals surface area contributed by atoms with E-state index in [1.807, 2.05) is 12.1 Å². The van der Waals surface area contributed by atoms with E-state index in [1.165, 1.54) is 5.56 Å². The Balaban J connectivity index is 2.95. The minimum absolute atomic E-state index is 0.0991. The molecule has 1 aromatic rings. The largest absolute Gasteiger partial charge is 0.223 e. The highest BCUT2D eigenvalue weighted by molar-refractivity contribution is 7.81. The SMILES string of the molecule is CC(C)(C)c1ccc([S@](=O)OCl)cc1. The van der Waals surface area contributed by atoms with Gasteiger partial charge in [-0.1, -0.05) is 32.9 Å². The molecule has 0 aliphatic rings. The van der Waals surface area contributed by atoms with Crippen molar-refractivity contribution in [3.63, 3.8) is 0 Å². The Morgan fingerprint density at radius 1 is 1.21 bits per heavy atom. The van der Waals surface area contributed by atoms with E-state index in [0.717, 1.165) is 0 Å². The summed E-state index contributed by atoms with van der Waals surface area (Å²) in [5.74, 6) is 0. The standard InChI is InChI=1S/C10H13ClO2S/c1-10(2,3)8-4-6-9(7-5-8)14(12)13-11/h4-7H,1-3H3/t14-/m1/s1. The molecule has 0 amide bonds. The van der Waals surface area contributed by atoms with Crippen LogP contribution < -0.4 is 0 Å². The second-order valence-electron chi connectivity index (χ2n) is 4.07. The Labute approximate surface area is 92.1 Å². The Kier molecular flexibility index (Phi) is 3.70. The molecule has 4 heteroatoms. The molecule has 0 unspecified atom stereocenters. The number of hydrogen-bond acceptors (Lipinski definition) is 2. The molecule has 1 atom stereocenters. The van der Waals surface area contributed by atoms with Gasteiger partial charge in [0, 0.05) is 0 Å². The molecule has 0 saturated heterocycles. The summed E-state index contributed by atoms with van der Waals surface area (Å²) in [5, 5.41) is 0. The highest BCUT2D eigenvalue weighted by Gasteiger charge is 2.13. The molecule has 0 radical (unpaired) electrons. The monoisotopic (exact) mass is 232 g/mol. The summed E-state index contributed by atoms with van der Waals surface area (Å²) >= 11 is 3.46. The lowest BCUT2D eigenvalue weighted by molar-refractivity contribution is 0.586. The highest BCUT2D eigenvalue weighted by atomic mass is 35.5. The molecular formula is C10H13ClO2S. The van der Waals surface area contributed by atoms with Gasteiger partial charge in [-0.2, -0.15) is 3.74 Å². The Hall–Kier alpha value is -0.380. The molecule has 0 spiro atoms. The molecule has 14 heavy (non-hydrogen) atoms. The van der Waals surface area contributed by atoms with Gasteiger partial charge in [0.25, 0.3) is 0 Å². The van der Waals surface area contributed by atoms with E-state index in [1.54, 1.807) is 12.1 Å². The number of hydrogen-bond donors (Lipinski definition) is 0. The fraction of sp³-hybridized carbons (Fsp3) is 0.400. The zero-order valence-corrected chi connectivity index (χ0v) is 9.98. The zero-order chi connectivity index (χ0) is 10.8. The van der Waals surface area contributed by atoms with Crippen LogP contribution in [0, 0.1) is 0 Å². The summed E-state index contributed by atoms with van der Waals surface area (Å²) in [6, 6.07) is 7.39. The average Bonchev–Trinajstić information content (AvgIpc) is 2.15. The predicted molar refractivity (Wildman–Crippen MR) is 58.5 cm³/mol. The first kappa shape index (κ1) is 11.7. The van der Waals surface area contributed by atoms with Gasteiger partial charge in [0.2, 0.25) is 11.1 Å². The van der Waals surface area contributed by atoms with Crippen molar-refractivity contribution in [2.45, 2.75) is 31.1 Å². The Morgan fingerprint density at radius 2 is 1.71 bits per heavy atom. The summed E-state index contributed by atoms with van der Waals surface area (Å²) in [4.78, 5) is 0.577. The molecule has 0 saturated carbocycles. The lowest BCUT2D eigenvalue weighted by Crippen LogP contribution is -2.10. The molecule has 0 aliphatic carbocycles. The highest BCUT2D eigenvalue weighted by Crippen LogP contribution is 2.23. The van der Waals surface area contributed by atoms with Gasteiger partial charge in [0.05, 0.1) is 16.8 Å². The van der Waals surface area contributed by atoms with Gasteiger partial charge < -0.3 is 0 Å². The molecule has 0 N–H and O–H groups in total. The van der Waals surface area contributed by atoms with Crippen LogP contribution in [0.1, 0.15) is 26.3 Å². The fourth-order valence-electron chi connectivity index (χ4n) is 1.10. The maximum Gasteiger partial charge on any atom is 0.206 e. The van der Waals surface area contributed by atoms with Crippen molar-refractivity contribution in [1.29, 1.82) is 0 Å². The third-order valence-corrected chi connectivity index (χ3v) is 3.08. The average molecular weight is 233 g/mol. The molecular weight excluding hydrogens is 220 g/mol. The van der Waals surface area contributed by atoms with Gasteiger partial charge in [-0.15, -0.1) is 0 Å². The van der Waals surface area contributed by atoms with Gasteiger partial charge in [-0.3, -0.25) is 0 Å². The van der Waals surface area contributed by atoms with Crippen LogP contribution in [0.2, 0.25) is 0 Å². The van der Waals surface area contributed by atoms with Gasteiger partial charge in [-0.25, -0.2) is 4.21 Å². The Morgan fingerprint density at radius 3 is 2.07 bits per heavy atom. The van der Waals surface area contributed by atoms with E-state index < -0.39 is 11.1 Å². The first-order valence-corrected chi connectivity index (χ1v) is 5.65. The van der Waals surface area contributed by atoms with Crippen molar-refractivity contribution in [3.8, 4) is 0 Å². The van der Waals surface area contributed by atoms with Crippen LogP contribution in [-0.4, -0.2) is 4.21 Å². The van der Waals surface area contributed by atoms with Crippen LogP contribution in [0.25, 0.3) is 0 Å². The molecule has 0 heterocycles. The quantitative estimate of drug-likeness (QED) is 0.783. The molecule has 0 bridgehead atoms. The first-order chi connectivity index (χ1) is 6.45. The summed E-state index contributed by atoms with van der Waals surface area (Å²) < 4.78 is 15.3. The van der Waals surface area contributed by atoms with Gasteiger partial charge in [0.1, 0.15) is 0 Å². The van der Waals surface area contributed by atoms with Crippen LogP contribution in [-0.2, 0) is 20.2 Å². The van der Waals surface area contributed by atoms with Gasteiger partial charge in [0.15, 0.2) is 0 Å². The first-order valence-electron chi connectivity index (χ1n) is 4.26. The van der Waals surface area contributed by atoms with Crippen LogP contribution in [0.3, 0.4) is 0 Å². The molecule has 78 valence electrons. The maximum atomic E-state index is 11.1. The topological polar surface area (TPSA) is 26.3 Å². The van der Waals surface area contributed by atoms with Crippen molar-refractivity contribution >= 4 is 22.9 Å². The van der Waals surface area contributed by atoms with Crippen LogP contribution >= 0.6 is 11.9 Å². The van der Waals surface area contributed by atoms with Crippen LogP contribution in [0.5, 0.6) is 0 Å². The van der Waals surface area contributed by atoms with Crippen LogP contribution in [0.4, 0.5) is 0 Å². The lowest BCUT2D eigenvalue weighted by Gasteiger charge is -2.18. The summed E-state index contributed by atoms with van der Waals surface area (Å²) in [6.45, 7) is 6.37. The summed E-state index contributed by atoms with van der Waals surface area (Å²) in [6.07, 6.45) is 0. The van der Waals surface area contributed by atoms with Crippen molar-refractivity contribution < 1.29 is 7.94 Å². The molecule has 0 aliphatic heterocycles. The van der Waals surface area contributed by atoms with E-state index in [0.29, 0.717) is 4.90 Å². The summed E-state index contributed by atoms with van der Waals surface area (Å²) in [5.41, 5.74) is 1.29. The van der Waals surface area contributed by atoms with Crippen molar-refractivity contribution in [2.24, 2.45) is 0 Å². The van der Waals surface area contributed by atoms with E-state index in [2.05, 4.69) is 24.5 Å². The zero-order valence-electron chi connectivity index (χ0n) is 8.41.